The van der Waals surface area contributed by atoms with Crippen LogP contribution in [0.1, 0.15) is 42.3 Å². The number of hydrogen-bond donors (Lipinski definition) is 1. The Hall–Kier alpha value is -2.87. The minimum Gasteiger partial charge on any atom is -0.286 e. The summed E-state index contributed by atoms with van der Waals surface area (Å²) in [7, 11) is 0. The molecule has 0 saturated carbocycles. The summed E-state index contributed by atoms with van der Waals surface area (Å²) in [6.07, 6.45) is 5.54. The van der Waals surface area contributed by atoms with E-state index in [0.29, 0.717) is 11.3 Å². The van der Waals surface area contributed by atoms with Crippen molar-refractivity contribution in [3.8, 4) is 0 Å². The largest absolute Gasteiger partial charge is 0.286 e. The lowest BCUT2D eigenvalue weighted by atomic mass is 9.89. The molecule has 1 aliphatic rings. The zero-order chi connectivity index (χ0) is 20.5. The highest BCUT2D eigenvalue weighted by atomic mass is 32.1. The van der Waals surface area contributed by atoms with Gasteiger partial charge < -0.3 is 0 Å². The first kappa shape index (κ1) is 19.4. The Morgan fingerprint density at radius 2 is 2.24 bits per heavy atom. The molecular weight excluding hydrogens is 391 g/mol. The molecule has 1 amide bonds. The Labute approximate surface area is 171 Å². The molecule has 150 valence electrons. The number of amides is 1. The first-order valence-corrected chi connectivity index (χ1v) is 10.4. The second-order valence-electron chi connectivity index (χ2n) is 7.42. The predicted octanol–water partition coefficient (Wildman–Crippen LogP) is 3.43. The molecule has 0 bridgehead atoms. The molecule has 0 fully saturated rings. The normalized spacial score (nSPS) is 17.4. The maximum absolute atomic E-state index is 13.6. The van der Waals surface area contributed by atoms with Gasteiger partial charge in [0, 0.05) is 10.4 Å². The molecule has 1 aliphatic carbocycles. The van der Waals surface area contributed by atoms with E-state index < -0.39 is 17.8 Å². The van der Waals surface area contributed by atoms with Crippen molar-refractivity contribution < 1.29 is 9.18 Å². The molecule has 3 aromatic rings. The maximum atomic E-state index is 13.6. The monoisotopic (exact) mass is 412 g/mol. The lowest BCUT2D eigenvalue weighted by molar-refractivity contribution is -0.123. The Morgan fingerprint density at radius 3 is 3.03 bits per heavy atom. The highest BCUT2D eigenvalue weighted by Crippen LogP contribution is 2.35. The van der Waals surface area contributed by atoms with Gasteiger partial charge in [0.05, 0.1) is 17.9 Å². The number of carbonyl (C=O) groups is 1. The van der Waals surface area contributed by atoms with Crippen molar-refractivity contribution in [1.29, 1.82) is 0 Å². The van der Waals surface area contributed by atoms with Crippen molar-refractivity contribution in [2.75, 3.05) is 0 Å². The van der Waals surface area contributed by atoms with Gasteiger partial charge in [-0.3, -0.25) is 14.2 Å². The molecular formula is C21H21FN4O2S. The van der Waals surface area contributed by atoms with E-state index in [-0.39, 0.29) is 11.1 Å². The van der Waals surface area contributed by atoms with Gasteiger partial charge in [0.1, 0.15) is 16.7 Å². The number of hydrazone groups is 1. The fourth-order valence-electron chi connectivity index (χ4n) is 3.58. The number of nitrogens with zero attached hydrogens (tertiary/aromatic N) is 3. The molecule has 29 heavy (non-hydrogen) atoms. The lowest BCUT2D eigenvalue weighted by Crippen LogP contribution is -2.34. The van der Waals surface area contributed by atoms with Gasteiger partial charge in [-0.15, -0.1) is 11.3 Å². The van der Waals surface area contributed by atoms with Crippen LogP contribution in [0.5, 0.6) is 0 Å². The number of aryl methyl sites for hydroxylation is 1. The highest BCUT2D eigenvalue weighted by molar-refractivity contribution is 7.18. The van der Waals surface area contributed by atoms with E-state index in [0.717, 1.165) is 29.7 Å². The Bertz CT molecular complexity index is 1170. The number of fused-ring (bicyclic) bond motifs is 3. The van der Waals surface area contributed by atoms with Crippen LogP contribution in [0.3, 0.4) is 0 Å². The fraction of sp³-hybridized carbons (Fsp3) is 0.333. The molecule has 0 radical (unpaired) electrons. The van der Waals surface area contributed by atoms with Gasteiger partial charge in [-0.05, 0) is 43.7 Å². The highest BCUT2D eigenvalue weighted by Gasteiger charge is 2.25. The number of nitrogens with one attached hydrogen (secondary N) is 1. The molecule has 1 aromatic carbocycles. The Kier molecular flexibility index (Phi) is 5.27. The van der Waals surface area contributed by atoms with Gasteiger partial charge in [0.2, 0.25) is 0 Å². The van der Waals surface area contributed by atoms with E-state index in [2.05, 4.69) is 22.4 Å². The second-order valence-corrected chi connectivity index (χ2v) is 8.50. The third-order valence-electron chi connectivity index (χ3n) is 5.32. The van der Waals surface area contributed by atoms with Gasteiger partial charge in [0.15, 0.2) is 0 Å². The van der Waals surface area contributed by atoms with Crippen molar-refractivity contribution in [3.63, 3.8) is 0 Å². The van der Waals surface area contributed by atoms with Crippen LogP contribution in [0.4, 0.5) is 4.39 Å². The van der Waals surface area contributed by atoms with Crippen molar-refractivity contribution in [3.05, 3.63) is 62.8 Å². The molecule has 1 N–H and O–H groups in total. The van der Waals surface area contributed by atoms with Gasteiger partial charge in [-0.1, -0.05) is 25.1 Å². The first-order valence-electron chi connectivity index (χ1n) is 9.54. The molecule has 0 saturated heterocycles. The number of thiophene rings is 1. The maximum Gasteiger partial charge on any atom is 0.263 e. The summed E-state index contributed by atoms with van der Waals surface area (Å²) in [6, 6.07) is 5.33. The van der Waals surface area contributed by atoms with Crippen molar-refractivity contribution in [2.45, 2.75) is 39.2 Å². The minimum atomic E-state index is -0.796. The quantitative estimate of drug-likeness (QED) is 0.527. The minimum absolute atomic E-state index is 0.206. The number of benzene rings is 1. The van der Waals surface area contributed by atoms with Crippen LogP contribution in [-0.4, -0.2) is 21.7 Å². The average Bonchev–Trinajstić information content (AvgIpc) is 3.07. The van der Waals surface area contributed by atoms with Crippen LogP contribution < -0.4 is 11.0 Å². The van der Waals surface area contributed by atoms with E-state index in [1.807, 2.05) is 0 Å². The van der Waals surface area contributed by atoms with Crippen LogP contribution in [-0.2, 0) is 17.6 Å². The molecule has 2 heterocycles. The van der Waals surface area contributed by atoms with E-state index in [9.17, 15) is 14.0 Å². The zero-order valence-corrected chi connectivity index (χ0v) is 17.0. The summed E-state index contributed by atoms with van der Waals surface area (Å²) in [5, 5.41) is 4.44. The molecule has 4 rings (SSSR count). The second kappa shape index (κ2) is 7.87. The van der Waals surface area contributed by atoms with Crippen LogP contribution >= 0.6 is 11.3 Å². The number of carbonyl (C=O) groups excluding carboxylic acids is 1. The molecule has 8 heteroatoms. The summed E-state index contributed by atoms with van der Waals surface area (Å²) in [6.45, 7) is 3.83. The number of halogens is 1. The summed E-state index contributed by atoms with van der Waals surface area (Å²) in [4.78, 5) is 32.0. The SMILES string of the molecule is C[C@@H]1CCc2c(sc3ncn([C@H](C)C(=O)N/N=C\c4ccccc4F)c(=O)c23)C1. The van der Waals surface area contributed by atoms with E-state index >= 15 is 0 Å². The fourth-order valence-corrected chi connectivity index (χ4v) is 4.93. The molecule has 0 unspecified atom stereocenters. The van der Waals surface area contributed by atoms with Gasteiger partial charge in [0.25, 0.3) is 11.5 Å². The van der Waals surface area contributed by atoms with Crippen molar-refractivity contribution >= 4 is 33.7 Å². The lowest BCUT2D eigenvalue weighted by Gasteiger charge is -2.18. The smallest absolute Gasteiger partial charge is 0.263 e. The van der Waals surface area contributed by atoms with E-state index in [1.54, 1.807) is 36.5 Å². The number of rotatable bonds is 4. The third-order valence-corrected chi connectivity index (χ3v) is 6.48. The Morgan fingerprint density at radius 1 is 1.45 bits per heavy atom. The molecule has 6 nitrogen and oxygen atoms in total. The first-order chi connectivity index (χ1) is 14.0. The number of aromatic nitrogens is 2. The van der Waals surface area contributed by atoms with Crippen molar-refractivity contribution in [1.82, 2.24) is 15.0 Å². The van der Waals surface area contributed by atoms with E-state index in [1.165, 1.54) is 28.1 Å². The van der Waals surface area contributed by atoms with Crippen molar-refractivity contribution in [2.24, 2.45) is 11.0 Å². The molecule has 0 spiro atoms. The molecule has 2 atom stereocenters. The summed E-state index contributed by atoms with van der Waals surface area (Å²) in [5.74, 6) is -0.297. The zero-order valence-electron chi connectivity index (χ0n) is 16.2. The van der Waals surface area contributed by atoms with Crippen LogP contribution in [0.15, 0.2) is 40.5 Å². The average molecular weight is 412 g/mol. The molecule has 0 aliphatic heterocycles. The van der Waals surface area contributed by atoms with E-state index in [4.69, 9.17) is 0 Å². The standard InChI is InChI=1S/C21H21FN4O2S/c1-12-7-8-15-17(9-12)29-20-18(15)21(28)26(11-23-20)13(2)19(27)25-24-10-14-5-3-4-6-16(14)22/h3-6,10-13H,7-9H2,1-2H3,(H,25,27)/b24-10-/t12-,13-/m1/s1. The topological polar surface area (TPSA) is 76.3 Å². The van der Waals surface area contributed by atoms with Crippen LogP contribution in [0.2, 0.25) is 0 Å². The van der Waals surface area contributed by atoms with Gasteiger partial charge in [-0.25, -0.2) is 14.8 Å². The van der Waals surface area contributed by atoms with Gasteiger partial charge in [-0.2, -0.15) is 5.10 Å². The Balaban J connectivity index is 1.57. The summed E-state index contributed by atoms with van der Waals surface area (Å²) < 4.78 is 14.9. The number of hydrogen-bond acceptors (Lipinski definition) is 5. The third kappa shape index (κ3) is 3.72. The predicted molar refractivity (Wildman–Crippen MR) is 112 cm³/mol. The summed E-state index contributed by atoms with van der Waals surface area (Å²) >= 11 is 1.58. The van der Waals surface area contributed by atoms with Crippen LogP contribution in [0.25, 0.3) is 10.2 Å². The van der Waals surface area contributed by atoms with Crippen LogP contribution in [0, 0.1) is 11.7 Å². The summed E-state index contributed by atoms with van der Waals surface area (Å²) in [5.41, 5.74) is 3.51. The van der Waals surface area contributed by atoms with Gasteiger partial charge >= 0.3 is 0 Å². The molecule has 2 aromatic heterocycles.